The molecule has 3 N–H and O–H groups in total. The average molecular weight is 393 g/mol. The molecule has 0 aliphatic carbocycles. The molecule has 1 saturated heterocycles. The Hall–Kier alpha value is -3.00. The first kappa shape index (κ1) is 17.1. The number of rotatable bonds is 3. The fourth-order valence-corrected chi connectivity index (χ4v) is 4.86. The zero-order valence-electron chi connectivity index (χ0n) is 15.1. The highest BCUT2D eigenvalue weighted by atomic mass is 32.1. The van der Waals surface area contributed by atoms with Crippen LogP contribution in [0.2, 0.25) is 0 Å². The van der Waals surface area contributed by atoms with Gasteiger partial charge in [0.25, 0.3) is 5.91 Å². The van der Waals surface area contributed by atoms with Gasteiger partial charge in [0.2, 0.25) is 5.91 Å². The summed E-state index contributed by atoms with van der Waals surface area (Å²) in [7, 11) is 0. The monoisotopic (exact) mass is 393 g/mol. The Morgan fingerprint density at radius 1 is 1.18 bits per heavy atom. The number of benzene rings is 2. The predicted molar refractivity (Wildman–Crippen MR) is 109 cm³/mol. The summed E-state index contributed by atoms with van der Waals surface area (Å²) in [4.78, 5) is 26.9. The second-order valence-corrected chi connectivity index (χ2v) is 7.83. The number of carbonyl (C=O) groups excluding carboxylic acids is 2. The molecule has 3 aromatic rings. The summed E-state index contributed by atoms with van der Waals surface area (Å²) in [5, 5.41) is 2.98. The van der Waals surface area contributed by atoms with Gasteiger partial charge in [-0.3, -0.25) is 9.59 Å². The van der Waals surface area contributed by atoms with Crippen LogP contribution in [-0.2, 0) is 4.79 Å². The Balaban J connectivity index is 1.69. The molecule has 1 atom stereocenters. The van der Waals surface area contributed by atoms with E-state index in [1.165, 1.54) is 0 Å². The summed E-state index contributed by atoms with van der Waals surface area (Å²) < 4.78 is 8.74. The number of aromatic nitrogens is 2. The number of carbonyl (C=O) groups is 2. The lowest BCUT2D eigenvalue weighted by Crippen LogP contribution is -2.27. The minimum Gasteiger partial charge on any atom is -0.371 e. The second kappa shape index (κ2) is 6.56. The quantitative estimate of drug-likeness (QED) is 0.712. The molecule has 2 aliphatic rings. The number of anilines is 2. The van der Waals surface area contributed by atoms with Crippen molar-refractivity contribution in [2.24, 2.45) is 5.73 Å². The van der Waals surface area contributed by atoms with Crippen molar-refractivity contribution in [3.05, 3.63) is 47.0 Å². The van der Waals surface area contributed by atoms with Crippen molar-refractivity contribution < 1.29 is 9.59 Å². The predicted octanol–water partition coefficient (Wildman–Crippen LogP) is 2.86. The third-order valence-corrected chi connectivity index (χ3v) is 6.15. The third-order valence-electron chi connectivity index (χ3n) is 5.61. The van der Waals surface area contributed by atoms with Gasteiger partial charge >= 0.3 is 0 Å². The van der Waals surface area contributed by atoms with Gasteiger partial charge in [-0.05, 0) is 42.2 Å². The van der Waals surface area contributed by atoms with Crippen LogP contribution in [0.4, 0.5) is 11.4 Å². The van der Waals surface area contributed by atoms with Gasteiger partial charge in [0.05, 0.1) is 23.0 Å². The molecule has 7 nitrogen and oxygen atoms in total. The van der Waals surface area contributed by atoms with Crippen LogP contribution in [-0.4, -0.2) is 33.7 Å². The number of hydrogen-bond donors (Lipinski definition) is 2. The molecule has 5 rings (SSSR count). The Morgan fingerprint density at radius 3 is 2.79 bits per heavy atom. The number of amides is 2. The van der Waals surface area contributed by atoms with Crippen LogP contribution in [0.25, 0.3) is 11.0 Å². The number of nitrogens with one attached hydrogen (secondary N) is 1. The number of nitrogens with two attached hydrogens (primary N) is 1. The first-order valence-corrected chi connectivity index (χ1v) is 10.1. The van der Waals surface area contributed by atoms with Gasteiger partial charge < -0.3 is 16.0 Å². The van der Waals surface area contributed by atoms with Gasteiger partial charge in [-0.1, -0.05) is 12.1 Å². The van der Waals surface area contributed by atoms with Crippen LogP contribution < -0.4 is 16.0 Å². The van der Waals surface area contributed by atoms with Crippen molar-refractivity contribution in [3.63, 3.8) is 0 Å². The molecule has 0 bridgehead atoms. The molecular formula is C20H19N5O2S. The Labute approximate surface area is 165 Å². The molecule has 2 aliphatic heterocycles. The number of hydrogen-bond acceptors (Lipinski definition) is 6. The van der Waals surface area contributed by atoms with Gasteiger partial charge in [0.1, 0.15) is 11.0 Å². The molecule has 1 aromatic heterocycles. The maximum atomic E-state index is 12.5. The molecule has 142 valence electrons. The molecule has 0 unspecified atom stereocenters. The highest BCUT2D eigenvalue weighted by Gasteiger charge is 2.31. The van der Waals surface area contributed by atoms with Crippen LogP contribution in [0.15, 0.2) is 30.3 Å². The first-order valence-electron chi connectivity index (χ1n) is 9.35. The van der Waals surface area contributed by atoms with E-state index in [4.69, 9.17) is 5.73 Å². The Bertz CT molecular complexity index is 1100. The van der Waals surface area contributed by atoms with Crippen LogP contribution >= 0.6 is 11.7 Å². The summed E-state index contributed by atoms with van der Waals surface area (Å²) in [6, 6.07) is 9.59. The van der Waals surface area contributed by atoms with Crippen LogP contribution in [0.1, 0.15) is 46.7 Å². The molecular weight excluding hydrogens is 374 g/mol. The molecule has 28 heavy (non-hydrogen) atoms. The molecule has 2 amide bonds. The van der Waals surface area contributed by atoms with E-state index >= 15 is 0 Å². The molecule has 2 aromatic carbocycles. The van der Waals surface area contributed by atoms with Gasteiger partial charge in [0.15, 0.2) is 0 Å². The summed E-state index contributed by atoms with van der Waals surface area (Å²) in [6.45, 7) is 1.78. The molecule has 0 spiro atoms. The van der Waals surface area contributed by atoms with E-state index in [-0.39, 0.29) is 11.8 Å². The lowest BCUT2D eigenvalue weighted by atomic mass is 9.83. The van der Waals surface area contributed by atoms with Crippen molar-refractivity contribution in [1.29, 1.82) is 0 Å². The van der Waals surface area contributed by atoms with Gasteiger partial charge in [-0.25, -0.2) is 0 Å². The molecule has 0 radical (unpaired) electrons. The van der Waals surface area contributed by atoms with E-state index in [1.807, 2.05) is 30.3 Å². The molecule has 1 fully saturated rings. The largest absolute Gasteiger partial charge is 0.371 e. The molecule has 3 heterocycles. The highest BCUT2D eigenvalue weighted by molar-refractivity contribution is 7.00. The van der Waals surface area contributed by atoms with Crippen molar-refractivity contribution in [2.45, 2.75) is 25.2 Å². The van der Waals surface area contributed by atoms with Crippen molar-refractivity contribution in [3.8, 4) is 0 Å². The van der Waals surface area contributed by atoms with E-state index in [1.54, 1.807) is 0 Å². The lowest BCUT2D eigenvalue weighted by Gasteiger charge is -2.29. The zero-order valence-corrected chi connectivity index (χ0v) is 16.0. The summed E-state index contributed by atoms with van der Waals surface area (Å²) in [6.07, 6.45) is 2.47. The van der Waals surface area contributed by atoms with Crippen molar-refractivity contribution >= 4 is 46.0 Å². The number of primary amides is 1. The van der Waals surface area contributed by atoms with E-state index in [9.17, 15) is 9.59 Å². The average Bonchev–Trinajstić information content (AvgIpc) is 3.37. The van der Waals surface area contributed by atoms with Crippen LogP contribution in [0, 0.1) is 0 Å². The maximum Gasteiger partial charge on any atom is 0.250 e. The summed E-state index contributed by atoms with van der Waals surface area (Å²) in [5.41, 5.74) is 11.3. The lowest BCUT2D eigenvalue weighted by molar-refractivity contribution is -0.116. The normalized spacial score (nSPS) is 18.9. The topological polar surface area (TPSA) is 101 Å². The number of fused-ring (bicyclic) bond motifs is 2. The third kappa shape index (κ3) is 2.72. The fraction of sp³-hybridized carbons (Fsp3) is 0.300. The Kier molecular flexibility index (Phi) is 4.01. The standard InChI is InChI=1S/C20H19N5O2S/c21-20(27)14-8-13-12(11-4-3-5-15-19(11)24-28-23-15)9-18(26)22-16(13)10-17(14)25-6-1-2-7-25/h3-5,8,10,12H,1-2,6-7,9H2,(H2,21,27)(H,22,26)/t12-/m1/s1. The minimum absolute atomic E-state index is 0.0445. The zero-order chi connectivity index (χ0) is 19.3. The van der Waals surface area contributed by atoms with Crippen molar-refractivity contribution in [1.82, 2.24) is 8.75 Å². The van der Waals surface area contributed by atoms with Crippen LogP contribution in [0.3, 0.4) is 0 Å². The van der Waals surface area contributed by atoms with E-state index in [0.717, 1.165) is 71.2 Å². The van der Waals surface area contributed by atoms with Crippen LogP contribution in [0.5, 0.6) is 0 Å². The number of nitrogens with zero attached hydrogens (tertiary/aromatic N) is 3. The van der Waals surface area contributed by atoms with Gasteiger partial charge in [-0.15, -0.1) is 0 Å². The fourth-order valence-electron chi connectivity index (χ4n) is 4.30. The van der Waals surface area contributed by atoms with E-state index in [2.05, 4.69) is 19.0 Å². The van der Waals surface area contributed by atoms with Gasteiger partial charge in [-0.2, -0.15) is 8.75 Å². The summed E-state index contributed by atoms with van der Waals surface area (Å²) >= 11 is 1.16. The van der Waals surface area contributed by atoms with Gasteiger partial charge in [0, 0.05) is 31.1 Å². The first-order chi connectivity index (χ1) is 13.6. The van der Waals surface area contributed by atoms with E-state index < -0.39 is 5.91 Å². The second-order valence-electron chi connectivity index (χ2n) is 7.30. The highest BCUT2D eigenvalue weighted by Crippen LogP contribution is 2.42. The van der Waals surface area contributed by atoms with Crippen molar-refractivity contribution in [2.75, 3.05) is 23.3 Å². The maximum absolute atomic E-state index is 12.5. The minimum atomic E-state index is -0.450. The Morgan fingerprint density at radius 2 is 2.00 bits per heavy atom. The smallest absolute Gasteiger partial charge is 0.250 e. The summed E-state index contributed by atoms with van der Waals surface area (Å²) in [5.74, 6) is -0.687. The SMILES string of the molecule is NC(=O)c1cc2c(cc1N1CCCC1)NC(=O)C[C@@H]2c1cccc2nsnc12. The molecule has 8 heteroatoms. The van der Waals surface area contributed by atoms with E-state index in [0.29, 0.717) is 12.0 Å². The molecule has 0 saturated carbocycles.